The quantitative estimate of drug-likeness (QED) is 0.316. The topological polar surface area (TPSA) is 60.9 Å². The van der Waals surface area contributed by atoms with Gasteiger partial charge in [-0.05, 0) is 55.1 Å². The predicted molar refractivity (Wildman–Crippen MR) is 123 cm³/mol. The van der Waals surface area contributed by atoms with Gasteiger partial charge in [-0.25, -0.2) is 0 Å². The molecule has 1 unspecified atom stereocenters. The summed E-state index contributed by atoms with van der Waals surface area (Å²) in [6.07, 6.45) is 2.59. The van der Waals surface area contributed by atoms with Crippen LogP contribution >= 0.6 is 11.3 Å². The first-order valence-corrected chi connectivity index (χ1v) is 11.2. The lowest BCUT2D eigenvalue weighted by Crippen LogP contribution is -2.42. The number of nitrogens with one attached hydrogen (secondary N) is 3. The Bertz CT molecular complexity index is 726. The van der Waals surface area contributed by atoms with Crippen molar-refractivity contribution in [3.8, 4) is 0 Å². The highest BCUT2D eigenvalue weighted by atomic mass is 32.1. The van der Waals surface area contributed by atoms with Gasteiger partial charge in [-0.15, -0.1) is 11.3 Å². The molecule has 1 atom stereocenters. The van der Waals surface area contributed by atoms with Crippen molar-refractivity contribution >= 4 is 23.0 Å². The number of likely N-dealkylation sites (tertiary alicyclic amines) is 1. The number of aliphatic imine (C=N–C) groups is 1. The van der Waals surface area contributed by atoms with Crippen molar-refractivity contribution in [3.05, 3.63) is 52.2 Å². The van der Waals surface area contributed by atoms with Gasteiger partial charge >= 0.3 is 0 Å². The lowest BCUT2D eigenvalue weighted by Gasteiger charge is -2.27. The zero-order valence-corrected chi connectivity index (χ0v) is 18.3. The summed E-state index contributed by atoms with van der Waals surface area (Å²) in [6, 6.07) is 13.3. The molecular weight excluding hydrogens is 382 g/mol. The highest BCUT2D eigenvalue weighted by molar-refractivity contribution is 7.10. The number of ether oxygens (including phenoxy) is 1. The van der Waals surface area contributed by atoms with Crippen molar-refractivity contribution in [3.63, 3.8) is 0 Å². The van der Waals surface area contributed by atoms with E-state index >= 15 is 0 Å². The van der Waals surface area contributed by atoms with Crippen LogP contribution in [0.25, 0.3) is 0 Å². The molecule has 1 aliphatic rings. The van der Waals surface area contributed by atoms with Crippen molar-refractivity contribution < 1.29 is 4.74 Å². The molecule has 0 aliphatic carbocycles. The summed E-state index contributed by atoms with van der Waals surface area (Å²) < 4.78 is 5.07. The maximum Gasteiger partial charge on any atom is 0.191 e. The van der Waals surface area contributed by atoms with Crippen LogP contribution in [0.4, 0.5) is 5.69 Å². The third-order valence-electron chi connectivity index (χ3n) is 5.19. The molecule has 0 radical (unpaired) electrons. The lowest BCUT2D eigenvalue weighted by atomic mass is 10.2. The molecule has 6 nitrogen and oxygen atoms in total. The number of thiophene rings is 1. The minimum Gasteiger partial charge on any atom is -0.383 e. The van der Waals surface area contributed by atoms with E-state index in [1.807, 2.05) is 18.4 Å². The lowest BCUT2D eigenvalue weighted by molar-refractivity contribution is 0.211. The second-order valence-corrected chi connectivity index (χ2v) is 8.18. The van der Waals surface area contributed by atoms with E-state index in [1.54, 1.807) is 7.11 Å². The number of hydrogen-bond acceptors (Lipinski definition) is 5. The fraction of sp³-hybridized carbons (Fsp3) is 0.500. The van der Waals surface area contributed by atoms with Crippen LogP contribution in [0.5, 0.6) is 0 Å². The van der Waals surface area contributed by atoms with Gasteiger partial charge < -0.3 is 20.7 Å². The van der Waals surface area contributed by atoms with Crippen LogP contribution in [0.1, 0.15) is 29.3 Å². The Labute approximate surface area is 178 Å². The molecule has 1 aliphatic heterocycles. The molecule has 0 saturated carbocycles. The van der Waals surface area contributed by atoms with Crippen LogP contribution in [0, 0.1) is 0 Å². The molecule has 1 fully saturated rings. The first-order chi connectivity index (χ1) is 14.3. The van der Waals surface area contributed by atoms with Gasteiger partial charge in [0.1, 0.15) is 0 Å². The SMILES string of the molecule is CN=C(NCc1ccc(NCCOC)cc1)NCC(c1cccs1)N1CCCC1. The van der Waals surface area contributed by atoms with Crippen LogP contribution in [0.2, 0.25) is 0 Å². The maximum absolute atomic E-state index is 5.07. The first kappa shape index (κ1) is 21.6. The van der Waals surface area contributed by atoms with Crippen molar-refractivity contribution in [1.82, 2.24) is 15.5 Å². The van der Waals surface area contributed by atoms with Crippen molar-refractivity contribution in [1.29, 1.82) is 0 Å². The summed E-state index contributed by atoms with van der Waals surface area (Å²) in [6.45, 7) is 5.48. The van der Waals surface area contributed by atoms with Gasteiger partial charge in [0.2, 0.25) is 0 Å². The monoisotopic (exact) mass is 415 g/mol. The van der Waals surface area contributed by atoms with E-state index in [0.29, 0.717) is 12.6 Å². The third-order valence-corrected chi connectivity index (χ3v) is 6.16. The minimum atomic E-state index is 0.411. The molecule has 1 aromatic carbocycles. The standard InChI is InChI=1S/C22H33N5OS/c1-23-22(25-16-18-7-9-19(10-8-18)24-11-14-28-2)26-17-20(21-6-5-15-29-21)27-12-3-4-13-27/h5-10,15,20,24H,3-4,11-14,16-17H2,1-2H3,(H2,23,25,26). The maximum atomic E-state index is 5.07. The second kappa shape index (κ2) is 11.8. The first-order valence-electron chi connectivity index (χ1n) is 10.3. The van der Waals surface area contributed by atoms with Gasteiger partial charge in [-0.1, -0.05) is 18.2 Å². The van der Waals surface area contributed by atoms with E-state index < -0.39 is 0 Å². The summed E-state index contributed by atoms with van der Waals surface area (Å²) in [5.74, 6) is 0.841. The van der Waals surface area contributed by atoms with Gasteiger partial charge in [0, 0.05) is 44.4 Å². The Morgan fingerprint density at radius 1 is 1.17 bits per heavy atom. The third kappa shape index (κ3) is 6.73. The van der Waals surface area contributed by atoms with Gasteiger partial charge in [0.25, 0.3) is 0 Å². The van der Waals surface area contributed by atoms with Crippen LogP contribution in [-0.2, 0) is 11.3 Å². The summed E-state index contributed by atoms with van der Waals surface area (Å²) in [5, 5.41) is 12.5. The fourth-order valence-corrected chi connectivity index (χ4v) is 4.44. The highest BCUT2D eigenvalue weighted by Gasteiger charge is 2.24. The predicted octanol–water partition coefficient (Wildman–Crippen LogP) is 3.31. The van der Waals surface area contributed by atoms with Crippen molar-refractivity contribution in [2.45, 2.75) is 25.4 Å². The van der Waals surface area contributed by atoms with Crippen molar-refractivity contribution in [2.24, 2.45) is 4.99 Å². The van der Waals surface area contributed by atoms with E-state index in [4.69, 9.17) is 4.74 Å². The average Bonchev–Trinajstić information content (AvgIpc) is 3.46. The molecule has 2 heterocycles. The minimum absolute atomic E-state index is 0.411. The number of benzene rings is 1. The Morgan fingerprint density at radius 3 is 2.62 bits per heavy atom. The van der Waals surface area contributed by atoms with E-state index in [2.05, 4.69) is 67.6 Å². The van der Waals surface area contributed by atoms with Gasteiger partial charge in [-0.2, -0.15) is 0 Å². The summed E-state index contributed by atoms with van der Waals surface area (Å²) in [7, 11) is 3.54. The normalized spacial score (nSPS) is 16.0. The van der Waals surface area contributed by atoms with Crippen LogP contribution < -0.4 is 16.0 Å². The molecule has 158 valence electrons. The Balaban J connectivity index is 1.48. The van der Waals surface area contributed by atoms with Crippen molar-refractivity contribution in [2.75, 3.05) is 52.3 Å². The Hall–Kier alpha value is -2.09. The highest BCUT2D eigenvalue weighted by Crippen LogP contribution is 2.27. The molecule has 0 amide bonds. The van der Waals surface area contributed by atoms with Gasteiger partial charge in [-0.3, -0.25) is 9.89 Å². The van der Waals surface area contributed by atoms with E-state index in [1.165, 1.54) is 36.4 Å². The van der Waals surface area contributed by atoms with E-state index in [0.717, 1.165) is 31.3 Å². The van der Waals surface area contributed by atoms with Gasteiger partial charge in [0.05, 0.1) is 12.6 Å². The van der Waals surface area contributed by atoms with E-state index in [-0.39, 0.29) is 0 Å². The van der Waals surface area contributed by atoms with Crippen LogP contribution in [0.15, 0.2) is 46.8 Å². The van der Waals surface area contributed by atoms with Crippen LogP contribution in [0.3, 0.4) is 0 Å². The fourth-order valence-electron chi connectivity index (χ4n) is 3.58. The molecule has 7 heteroatoms. The Kier molecular flexibility index (Phi) is 8.80. The largest absolute Gasteiger partial charge is 0.383 e. The number of methoxy groups -OCH3 is 1. The number of anilines is 1. The summed E-state index contributed by atoms with van der Waals surface area (Å²) >= 11 is 1.84. The molecule has 0 spiro atoms. The molecule has 0 bridgehead atoms. The second-order valence-electron chi connectivity index (χ2n) is 7.20. The van der Waals surface area contributed by atoms with Crippen LogP contribution in [-0.4, -0.2) is 57.8 Å². The molecule has 2 aromatic rings. The molecular formula is C22H33N5OS. The van der Waals surface area contributed by atoms with E-state index in [9.17, 15) is 0 Å². The Morgan fingerprint density at radius 2 is 1.97 bits per heavy atom. The molecule has 29 heavy (non-hydrogen) atoms. The molecule has 3 N–H and O–H groups in total. The van der Waals surface area contributed by atoms with Gasteiger partial charge in [0.15, 0.2) is 5.96 Å². The zero-order chi connectivity index (χ0) is 20.3. The average molecular weight is 416 g/mol. The zero-order valence-electron chi connectivity index (χ0n) is 17.5. The molecule has 1 saturated heterocycles. The molecule has 1 aromatic heterocycles. The number of hydrogen-bond donors (Lipinski definition) is 3. The smallest absolute Gasteiger partial charge is 0.191 e. The number of nitrogens with zero attached hydrogens (tertiary/aromatic N) is 2. The summed E-state index contributed by atoms with van der Waals surface area (Å²) in [5.41, 5.74) is 2.33. The number of guanidine groups is 1. The number of rotatable bonds is 10. The molecule has 3 rings (SSSR count). The summed E-state index contributed by atoms with van der Waals surface area (Å²) in [4.78, 5) is 8.41.